The normalized spacial score (nSPS) is 15.8. The molecule has 3 N–H and O–H groups in total. The number of anilines is 1. The summed E-state index contributed by atoms with van der Waals surface area (Å²) in [5, 5.41) is 7.54. The van der Waals surface area contributed by atoms with Crippen LogP contribution in [0.1, 0.15) is 18.9 Å². The van der Waals surface area contributed by atoms with E-state index in [0.717, 1.165) is 12.8 Å². The van der Waals surface area contributed by atoms with Crippen molar-refractivity contribution in [2.75, 3.05) is 17.6 Å². The molecule has 1 aliphatic carbocycles. The summed E-state index contributed by atoms with van der Waals surface area (Å²) in [5.74, 6) is -0.0602. The Hall–Kier alpha value is -1.41. The summed E-state index contributed by atoms with van der Waals surface area (Å²) >= 11 is 0. The second kappa shape index (κ2) is 4.46. The molecular formula is C9H14N4O3S. The zero-order valence-corrected chi connectivity index (χ0v) is 9.98. The first-order valence-electron chi connectivity index (χ1n) is 5.29. The van der Waals surface area contributed by atoms with Crippen molar-refractivity contribution in [1.82, 2.24) is 9.55 Å². The summed E-state index contributed by atoms with van der Waals surface area (Å²) in [6.07, 6.45) is 5.17. The van der Waals surface area contributed by atoms with Gasteiger partial charge < -0.3 is 9.88 Å². The lowest BCUT2D eigenvalue weighted by atomic mass is 10.5. The standard InChI is InChI=1S/C9H14N4O3S/c10-17(15,16)6-4-12-8-9(14)13(5-3-11-8)7-1-2-7/h3,5,7H,1-2,4,6H2,(H,11,12)(H2,10,15,16). The van der Waals surface area contributed by atoms with Gasteiger partial charge in [-0.1, -0.05) is 0 Å². The van der Waals surface area contributed by atoms with Crippen LogP contribution in [0, 0.1) is 0 Å². The van der Waals surface area contributed by atoms with Crippen LogP contribution in [0.15, 0.2) is 17.2 Å². The first-order valence-corrected chi connectivity index (χ1v) is 7.00. The molecule has 0 aromatic carbocycles. The van der Waals surface area contributed by atoms with Crippen LogP contribution in [0.5, 0.6) is 0 Å². The van der Waals surface area contributed by atoms with Gasteiger partial charge in [0.25, 0.3) is 5.56 Å². The fourth-order valence-electron chi connectivity index (χ4n) is 1.50. The van der Waals surface area contributed by atoms with Crippen LogP contribution in [0.25, 0.3) is 0 Å². The maximum Gasteiger partial charge on any atom is 0.293 e. The van der Waals surface area contributed by atoms with Gasteiger partial charge in [0.2, 0.25) is 10.0 Å². The molecule has 0 bridgehead atoms. The molecule has 0 atom stereocenters. The molecule has 0 radical (unpaired) electrons. The smallest absolute Gasteiger partial charge is 0.293 e. The average Bonchev–Trinajstić information content (AvgIpc) is 3.02. The van der Waals surface area contributed by atoms with E-state index < -0.39 is 10.0 Å². The number of nitrogens with two attached hydrogens (primary N) is 1. The van der Waals surface area contributed by atoms with Gasteiger partial charge in [-0.15, -0.1) is 0 Å². The molecule has 0 spiro atoms. The zero-order valence-electron chi connectivity index (χ0n) is 9.17. The van der Waals surface area contributed by atoms with Gasteiger partial charge in [0.1, 0.15) is 0 Å². The molecule has 0 aliphatic heterocycles. The Morgan fingerprint density at radius 2 is 2.24 bits per heavy atom. The minimum atomic E-state index is -3.52. The largest absolute Gasteiger partial charge is 0.364 e. The predicted molar refractivity (Wildman–Crippen MR) is 63.2 cm³/mol. The Balaban J connectivity index is 2.06. The van der Waals surface area contributed by atoms with Crippen molar-refractivity contribution in [1.29, 1.82) is 0 Å². The van der Waals surface area contributed by atoms with Gasteiger partial charge in [-0.05, 0) is 12.8 Å². The van der Waals surface area contributed by atoms with E-state index in [0.29, 0.717) is 0 Å². The molecule has 1 heterocycles. The van der Waals surface area contributed by atoms with Crippen molar-refractivity contribution in [2.45, 2.75) is 18.9 Å². The number of rotatable bonds is 5. The molecule has 1 aromatic heterocycles. The summed E-state index contributed by atoms with van der Waals surface area (Å²) in [6, 6.07) is 0.268. The lowest BCUT2D eigenvalue weighted by molar-refractivity contribution is 0.598. The Morgan fingerprint density at radius 1 is 1.53 bits per heavy atom. The number of primary sulfonamides is 1. The number of hydrogen-bond donors (Lipinski definition) is 2. The van der Waals surface area contributed by atoms with Crippen LogP contribution in [0.3, 0.4) is 0 Å². The van der Waals surface area contributed by atoms with Crippen LogP contribution in [0.4, 0.5) is 5.82 Å². The molecule has 17 heavy (non-hydrogen) atoms. The number of hydrogen-bond acceptors (Lipinski definition) is 5. The van der Waals surface area contributed by atoms with Crippen molar-refractivity contribution in [2.24, 2.45) is 5.14 Å². The highest BCUT2D eigenvalue weighted by molar-refractivity contribution is 7.89. The molecule has 0 unspecified atom stereocenters. The molecule has 8 heteroatoms. The van der Waals surface area contributed by atoms with Crippen LogP contribution in [-0.4, -0.2) is 30.3 Å². The number of sulfonamides is 1. The number of aromatic nitrogens is 2. The van der Waals surface area contributed by atoms with Gasteiger partial charge in [-0.25, -0.2) is 18.5 Å². The maximum absolute atomic E-state index is 11.9. The van der Waals surface area contributed by atoms with E-state index in [9.17, 15) is 13.2 Å². The van der Waals surface area contributed by atoms with E-state index in [1.165, 1.54) is 6.20 Å². The number of nitrogens with zero attached hydrogens (tertiary/aromatic N) is 2. The first kappa shape index (κ1) is 12.1. The van der Waals surface area contributed by atoms with Gasteiger partial charge in [-0.2, -0.15) is 0 Å². The second-order valence-corrected chi connectivity index (χ2v) is 5.75. The van der Waals surface area contributed by atoms with E-state index in [-0.39, 0.29) is 29.7 Å². The Kier molecular flexibility index (Phi) is 3.16. The fourth-order valence-corrected chi connectivity index (χ4v) is 1.88. The third kappa shape index (κ3) is 3.27. The minimum Gasteiger partial charge on any atom is -0.364 e. The summed E-state index contributed by atoms with van der Waals surface area (Å²) in [7, 11) is -3.52. The summed E-state index contributed by atoms with van der Waals surface area (Å²) in [6.45, 7) is 0.0791. The van der Waals surface area contributed by atoms with E-state index in [2.05, 4.69) is 10.3 Å². The molecule has 2 rings (SSSR count). The topological polar surface area (TPSA) is 107 Å². The van der Waals surface area contributed by atoms with E-state index in [4.69, 9.17) is 5.14 Å². The Morgan fingerprint density at radius 3 is 2.82 bits per heavy atom. The molecule has 1 fully saturated rings. The third-order valence-corrected chi connectivity index (χ3v) is 3.26. The molecule has 1 saturated carbocycles. The van der Waals surface area contributed by atoms with Crippen LogP contribution >= 0.6 is 0 Å². The van der Waals surface area contributed by atoms with Gasteiger partial charge in [-0.3, -0.25) is 4.79 Å². The van der Waals surface area contributed by atoms with Crippen molar-refractivity contribution >= 4 is 15.8 Å². The molecule has 1 aliphatic rings. The summed E-state index contributed by atoms with van der Waals surface area (Å²) in [4.78, 5) is 15.8. The van der Waals surface area contributed by atoms with Crippen LogP contribution < -0.4 is 16.0 Å². The molecule has 0 saturated heterocycles. The van der Waals surface area contributed by atoms with E-state index >= 15 is 0 Å². The minimum absolute atomic E-state index is 0.0791. The molecule has 1 aromatic rings. The van der Waals surface area contributed by atoms with Crippen LogP contribution in [0.2, 0.25) is 0 Å². The highest BCUT2D eigenvalue weighted by Gasteiger charge is 2.25. The lowest BCUT2D eigenvalue weighted by Gasteiger charge is -2.07. The second-order valence-electron chi connectivity index (χ2n) is 4.01. The Bertz CT molecular complexity index is 562. The van der Waals surface area contributed by atoms with Crippen LogP contribution in [-0.2, 0) is 10.0 Å². The van der Waals surface area contributed by atoms with Gasteiger partial charge in [0.05, 0.1) is 5.75 Å². The molecule has 94 valence electrons. The predicted octanol–water partition coefficient (Wildman–Crippen LogP) is -0.721. The molecular weight excluding hydrogens is 244 g/mol. The lowest BCUT2D eigenvalue weighted by Crippen LogP contribution is -2.27. The number of nitrogens with one attached hydrogen (secondary N) is 1. The summed E-state index contributed by atoms with van der Waals surface area (Å²) in [5.41, 5.74) is -0.218. The monoisotopic (exact) mass is 258 g/mol. The average molecular weight is 258 g/mol. The Labute approximate surface area is 98.7 Å². The van der Waals surface area contributed by atoms with E-state index in [1.807, 2.05) is 0 Å². The van der Waals surface area contributed by atoms with Gasteiger partial charge in [0.15, 0.2) is 5.82 Å². The highest BCUT2D eigenvalue weighted by Crippen LogP contribution is 2.33. The van der Waals surface area contributed by atoms with E-state index in [1.54, 1.807) is 10.8 Å². The molecule has 0 amide bonds. The summed E-state index contributed by atoms with van der Waals surface area (Å²) < 4.78 is 23.1. The maximum atomic E-state index is 11.9. The highest BCUT2D eigenvalue weighted by atomic mass is 32.2. The SMILES string of the molecule is NS(=O)(=O)CCNc1nccn(C2CC2)c1=O. The first-order chi connectivity index (χ1) is 7.97. The van der Waals surface area contributed by atoms with Crippen molar-refractivity contribution in [3.63, 3.8) is 0 Å². The van der Waals surface area contributed by atoms with Crippen molar-refractivity contribution in [3.8, 4) is 0 Å². The molecule has 7 nitrogen and oxygen atoms in total. The quantitative estimate of drug-likeness (QED) is 0.724. The zero-order chi connectivity index (χ0) is 12.5. The van der Waals surface area contributed by atoms with Crippen molar-refractivity contribution < 1.29 is 8.42 Å². The van der Waals surface area contributed by atoms with Crippen molar-refractivity contribution in [3.05, 3.63) is 22.7 Å². The third-order valence-electron chi connectivity index (χ3n) is 2.49. The van der Waals surface area contributed by atoms with Gasteiger partial charge >= 0.3 is 0 Å². The van der Waals surface area contributed by atoms with Gasteiger partial charge in [0, 0.05) is 25.0 Å². The fraction of sp³-hybridized carbons (Fsp3) is 0.556.